The summed E-state index contributed by atoms with van der Waals surface area (Å²) in [5, 5.41) is 3.46. The van der Waals surface area contributed by atoms with Gasteiger partial charge in [-0.3, -0.25) is 14.2 Å². The van der Waals surface area contributed by atoms with Crippen LogP contribution in [0.2, 0.25) is 5.02 Å². The smallest absolute Gasteiger partial charge is 0.338 e. The van der Waals surface area contributed by atoms with Crippen LogP contribution in [-0.2, 0) is 22.5 Å². The van der Waals surface area contributed by atoms with Gasteiger partial charge in [-0.05, 0) is 50.1 Å². The van der Waals surface area contributed by atoms with E-state index in [4.69, 9.17) is 16.3 Å². The molecule has 1 N–H and O–H groups in total. The van der Waals surface area contributed by atoms with Crippen molar-refractivity contribution in [1.82, 2.24) is 14.5 Å². The van der Waals surface area contributed by atoms with Gasteiger partial charge < -0.3 is 10.1 Å². The number of halogens is 1. The van der Waals surface area contributed by atoms with E-state index in [-0.39, 0.29) is 11.1 Å². The largest absolute Gasteiger partial charge is 0.449 e. The van der Waals surface area contributed by atoms with E-state index >= 15 is 0 Å². The summed E-state index contributed by atoms with van der Waals surface area (Å²) in [5.74, 6) is -0.159. The van der Waals surface area contributed by atoms with Gasteiger partial charge in [0.25, 0.3) is 11.5 Å². The number of hydrogen-bond donors (Lipinski definition) is 1. The highest BCUT2D eigenvalue weighted by Gasteiger charge is 2.21. The van der Waals surface area contributed by atoms with E-state index in [9.17, 15) is 14.4 Å². The van der Waals surface area contributed by atoms with E-state index in [1.165, 1.54) is 25.3 Å². The van der Waals surface area contributed by atoms with Gasteiger partial charge >= 0.3 is 5.97 Å². The molecule has 0 fully saturated rings. The Hall–Kier alpha value is -3.26. The van der Waals surface area contributed by atoms with E-state index in [1.54, 1.807) is 22.8 Å². The molecule has 0 spiro atoms. The monoisotopic (exact) mass is 440 g/mol. The summed E-state index contributed by atoms with van der Waals surface area (Å²) in [5.41, 5.74) is 0.585. The van der Waals surface area contributed by atoms with Crippen LogP contribution in [0.5, 0.6) is 0 Å². The van der Waals surface area contributed by atoms with Crippen LogP contribution < -0.4 is 10.9 Å². The molecule has 0 saturated carbocycles. The average molecular weight is 441 g/mol. The van der Waals surface area contributed by atoms with Gasteiger partial charge in [0.15, 0.2) is 6.10 Å². The quantitative estimate of drug-likeness (QED) is 0.624. The van der Waals surface area contributed by atoms with Gasteiger partial charge in [-0.2, -0.15) is 0 Å². The number of esters is 1. The molecule has 0 unspecified atom stereocenters. The molecule has 0 aliphatic carbocycles. The van der Waals surface area contributed by atoms with Crippen LogP contribution in [0.25, 0.3) is 10.9 Å². The number of pyridine rings is 1. The fraction of sp³-hybridized carbons (Fsp3) is 0.318. The first-order valence-corrected chi connectivity index (χ1v) is 10.5. The zero-order chi connectivity index (χ0) is 22.0. The van der Waals surface area contributed by atoms with Crippen molar-refractivity contribution in [2.24, 2.45) is 0 Å². The van der Waals surface area contributed by atoms with Crippen molar-refractivity contribution in [3.8, 4) is 0 Å². The number of carbonyl (C=O) groups excluding carboxylic acids is 2. The van der Waals surface area contributed by atoms with Crippen LogP contribution >= 0.6 is 11.6 Å². The Bertz CT molecular complexity index is 1210. The van der Waals surface area contributed by atoms with Gasteiger partial charge in [0, 0.05) is 19.2 Å². The Labute approximate surface area is 183 Å². The van der Waals surface area contributed by atoms with Gasteiger partial charge in [0.1, 0.15) is 11.6 Å². The van der Waals surface area contributed by atoms with Gasteiger partial charge in [0.05, 0.1) is 21.5 Å². The molecule has 0 bridgehead atoms. The number of aromatic nitrogens is 3. The predicted octanol–water partition coefficient (Wildman–Crippen LogP) is 3.36. The highest BCUT2D eigenvalue weighted by Crippen LogP contribution is 2.17. The van der Waals surface area contributed by atoms with Crippen molar-refractivity contribution in [1.29, 1.82) is 0 Å². The summed E-state index contributed by atoms with van der Waals surface area (Å²) in [6.07, 6.45) is 4.08. The predicted molar refractivity (Wildman–Crippen MR) is 116 cm³/mol. The van der Waals surface area contributed by atoms with Gasteiger partial charge in [-0.25, -0.2) is 14.8 Å². The van der Waals surface area contributed by atoms with Crippen LogP contribution in [-0.4, -0.2) is 32.5 Å². The Morgan fingerprint density at radius 1 is 1.19 bits per heavy atom. The summed E-state index contributed by atoms with van der Waals surface area (Å²) in [7, 11) is 0. The zero-order valence-corrected chi connectivity index (χ0v) is 17.7. The highest BCUT2D eigenvalue weighted by molar-refractivity contribution is 6.30. The molecule has 0 radical (unpaired) electrons. The minimum absolute atomic E-state index is 0.0926. The van der Waals surface area contributed by atoms with Crippen molar-refractivity contribution in [3.05, 3.63) is 63.3 Å². The number of ether oxygens (including phenoxy) is 1. The fourth-order valence-electron chi connectivity index (χ4n) is 3.50. The van der Waals surface area contributed by atoms with E-state index in [0.717, 1.165) is 31.5 Å². The van der Waals surface area contributed by atoms with E-state index < -0.39 is 18.0 Å². The van der Waals surface area contributed by atoms with Crippen molar-refractivity contribution < 1.29 is 14.3 Å². The lowest BCUT2D eigenvalue weighted by molar-refractivity contribution is -0.123. The second-order valence-corrected chi connectivity index (χ2v) is 7.86. The fourth-order valence-corrected chi connectivity index (χ4v) is 3.62. The molecule has 31 heavy (non-hydrogen) atoms. The molecule has 1 aliphatic rings. The Morgan fingerprint density at radius 2 is 2.03 bits per heavy atom. The number of aryl methyl sites for hydroxylation is 1. The van der Waals surface area contributed by atoms with Crippen LogP contribution in [0.1, 0.15) is 42.4 Å². The second-order valence-electron chi connectivity index (χ2n) is 7.43. The van der Waals surface area contributed by atoms with Crippen molar-refractivity contribution >= 4 is 40.2 Å². The molecule has 160 valence electrons. The topological polar surface area (TPSA) is 103 Å². The molecule has 1 atom stereocenters. The SMILES string of the molecule is C[C@H](OC(=O)c1ccc2c(=O)n3c(nc2c1)CCCCC3)C(=O)Nc1ccc(Cl)cn1. The number of rotatable bonds is 4. The number of anilines is 1. The first-order chi connectivity index (χ1) is 14.9. The molecule has 1 aromatic carbocycles. The minimum atomic E-state index is -1.05. The first-order valence-electron chi connectivity index (χ1n) is 10.1. The summed E-state index contributed by atoms with van der Waals surface area (Å²) < 4.78 is 7.02. The van der Waals surface area contributed by atoms with Crippen LogP contribution in [0.15, 0.2) is 41.3 Å². The third-order valence-electron chi connectivity index (χ3n) is 5.18. The number of nitrogens with zero attached hydrogens (tertiary/aromatic N) is 3. The molecule has 8 nitrogen and oxygen atoms in total. The second kappa shape index (κ2) is 8.85. The number of benzene rings is 1. The van der Waals surface area contributed by atoms with Crippen LogP contribution in [0.3, 0.4) is 0 Å². The molecule has 3 heterocycles. The molecule has 2 aromatic heterocycles. The lowest BCUT2D eigenvalue weighted by Gasteiger charge is -2.14. The molecular formula is C22H21ClN4O4. The van der Waals surface area contributed by atoms with Crippen LogP contribution in [0.4, 0.5) is 5.82 Å². The third kappa shape index (κ3) is 4.59. The summed E-state index contributed by atoms with van der Waals surface area (Å²) >= 11 is 5.78. The normalized spacial score (nSPS) is 14.4. The van der Waals surface area contributed by atoms with E-state index in [0.29, 0.717) is 28.3 Å². The Morgan fingerprint density at radius 3 is 2.81 bits per heavy atom. The number of nitrogens with one attached hydrogen (secondary N) is 1. The first kappa shape index (κ1) is 21.0. The Balaban J connectivity index is 1.51. The van der Waals surface area contributed by atoms with Crippen LogP contribution in [0, 0.1) is 0 Å². The molecule has 0 saturated heterocycles. The average Bonchev–Trinajstić information content (AvgIpc) is 3.00. The maximum absolute atomic E-state index is 12.8. The molecule has 1 amide bonds. The zero-order valence-electron chi connectivity index (χ0n) is 16.9. The number of amides is 1. The lowest BCUT2D eigenvalue weighted by Crippen LogP contribution is -2.30. The molecule has 9 heteroatoms. The maximum atomic E-state index is 12.8. The number of carbonyl (C=O) groups is 2. The minimum Gasteiger partial charge on any atom is -0.449 e. The maximum Gasteiger partial charge on any atom is 0.338 e. The van der Waals surface area contributed by atoms with Crippen molar-refractivity contribution in [2.45, 2.75) is 45.3 Å². The number of fused-ring (bicyclic) bond motifs is 2. The summed E-state index contributed by atoms with van der Waals surface area (Å²) in [6.45, 7) is 2.13. The van der Waals surface area contributed by atoms with Gasteiger partial charge in [-0.15, -0.1) is 0 Å². The number of hydrogen-bond acceptors (Lipinski definition) is 6. The highest BCUT2D eigenvalue weighted by atomic mass is 35.5. The van der Waals surface area contributed by atoms with Crippen molar-refractivity contribution in [2.75, 3.05) is 5.32 Å². The standard InChI is InChI=1S/C22H21ClN4O4/c1-13(20(28)26-18-9-7-15(23)12-24-18)31-22(30)14-6-8-16-17(11-14)25-19-5-3-2-4-10-27(19)21(16)29/h6-9,11-13H,2-5,10H2,1H3,(H,24,26,28)/t13-/m0/s1. The summed E-state index contributed by atoms with van der Waals surface area (Å²) in [4.78, 5) is 46.3. The van der Waals surface area contributed by atoms with Gasteiger partial charge in [0.2, 0.25) is 0 Å². The van der Waals surface area contributed by atoms with Gasteiger partial charge in [-0.1, -0.05) is 18.0 Å². The molecule has 3 aromatic rings. The Kier molecular flexibility index (Phi) is 5.99. The summed E-state index contributed by atoms with van der Waals surface area (Å²) in [6, 6.07) is 7.78. The van der Waals surface area contributed by atoms with E-state index in [1.807, 2.05) is 0 Å². The van der Waals surface area contributed by atoms with E-state index in [2.05, 4.69) is 15.3 Å². The van der Waals surface area contributed by atoms with Crippen molar-refractivity contribution in [3.63, 3.8) is 0 Å². The third-order valence-corrected chi connectivity index (χ3v) is 5.41. The molecular weight excluding hydrogens is 420 g/mol. The lowest BCUT2D eigenvalue weighted by atomic mass is 10.1. The molecule has 1 aliphatic heterocycles. The molecule has 4 rings (SSSR count).